The molecule has 0 saturated heterocycles. The molecule has 0 fully saturated rings. The number of benzene rings is 2. The van der Waals surface area contributed by atoms with Gasteiger partial charge in [-0.2, -0.15) is 10.2 Å². The van der Waals surface area contributed by atoms with Crippen molar-refractivity contribution in [2.45, 2.75) is 19.4 Å². The first kappa shape index (κ1) is 21.9. The Balaban J connectivity index is 1.57. The molecule has 1 aliphatic rings. The minimum atomic E-state index is -0.268. The molecule has 0 saturated carbocycles. The van der Waals surface area contributed by atoms with Crippen molar-refractivity contribution < 1.29 is 14.3 Å². The van der Waals surface area contributed by atoms with Crippen LogP contribution in [-0.2, 0) is 4.79 Å². The molecule has 1 atom stereocenters. The number of methoxy groups -OCH3 is 2. The Morgan fingerprint density at radius 1 is 1.03 bits per heavy atom. The standard InChI is InChI=1S/C26H24N4O3S/c1-17(31)30-22(15-21(27-30)18-11-12-23(32-2)24(14-18)33-3)20-16-29(19-8-5-4-6-9-19)28-26(20)25-10-7-13-34-25/h4-14,16,22H,15H2,1-3H3/t22-/m1/s1. The molecule has 5 rings (SSSR count). The van der Waals surface area contributed by atoms with Gasteiger partial charge in [0, 0.05) is 30.7 Å². The first-order valence-electron chi connectivity index (χ1n) is 10.9. The van der Waals surface area contributed by atoms with E-state index in [1.807, 2.05) is 70.9 Å². The Kier molecular flexibility index (Phi) is 5.90. The van der Waals surface area contributed by atoms with E-state index in [1.54, 1.807) is 37.5 Å². The molecular formula is C26H24N4O3S. The summed E-state index contributed by atoms with van der Waals surface area (Å²) in [4.78, 5) is 13.7. The molecule has 0 aliphatic carbocycles. The summed E-state index contributed by atoms with van der Waals surface area (Å²) in [6, 6.07) is 19.4. The van der Waals surface area contributed by atoms with Crippen LogP contribution in [0.15, 0.2) is 77.3 Å². The molecule has 3 heterocycles. The van der Waals surface area contributed by atoms with Gasteiger partial charge < -0.3 is 9.47 Å². The monoisotopic (exact) mass is 472 g/mol. The van der Waals surface area contributed by atoms with Gasteiger partial charge in [-0.15, -0.1) is 11.3 Å². The summed E-state index contributed by atoms with van der Waals surface area (Å²) in [6.45, 7) is 1.54. The highest BCUT2D eigenvalue weighted by Crippen LogP contribution is 2.40. The van der Waals surface area contributed by atoms with E-state index in [2.05, 4.69) is 6.07 Å². The van der Waals surface area contributed by atoms with Crippen molar-refractivity contribution in [2.24, 2.45) is 5.10 Å². The summed E-state index contributed by atoms with van der Waals surface area (Å²) in [5, 5.41) is 13.2. The number of rotatable bonds is 6. The van der Waals surface area contributed by atoms with Crippen LogP contribution in [0.4, 0.5) is 0 Å². The van der Waals surface area contributed by atoms with Crippen LogP contribution < -0.4 is 9.47 Å². The van der Waals surface area contributed by atoms with Crippen molar-refractivity contribution in [3.8, 4) is 27.8 Å². The number of ether oxygens (including phenoxy) is 2. The number of hydrogen-bond acceptors (Lipinski definition) is 6. The first-order valence-corrected chi connectivity index (χ1v) is 11.8. The van der Waals surface area contributed by atoms with E-state index in [-0.39, 0.29) is 11.9 Å². The van der Waals surface area contributed by atoms with Crippen LogP contribution in [0, 0.1) is 0 Å². The molecule has 0 N–H and O–H groups in total. The van der Waals surface area contributed by atoms with Gasteiger partial charge >= 0.3 is 0 Å². The number of para-hydroxylation sites is 1. The molecule has 8 heteroatoms. The maximum Gasteiger partial charge on any atom is 0.240 e. The van der Waals surface area contributed by atoms with Crippen LogP contribution in [0.3, 0.4) is 0 Å². The van der Waals surface area contributed by atoms with E-state index in [0.29, 0.717) is 17.9 Å². The Labute approximate surface area is 201 Å². The number of hydrogen-bond donors (Lipinski definition) is 0. The smallest absolute Gasteiger partial charge is 0.240 e. The van der Waals surface area contributed by atoms with Crippen molar-refractivity contribution in [3.63, 3.8) is 0 Å². The summed E-state index contributed by atoms with van der Waals surface area (Å²) in [7, 11) is 3.21. The van der Waals surface area contributed by atoms with Gasteiger partial charge in [0.2, 0.25) is 5.91 Å². The number of hydrazone groups is 1. The van der Waals surface area contributed by atoms with Gasteiger partial charge in [-0.05, 0) is 41.8 Å². The van der Waals surface area contributed by atoms with Gasteiger partial charge in [0.25, 0.3) is 0 Å². The van der Waals surface area contributed by atoms with Crippen molar-refractivity contribution in [2.75, 3.05) is 14.2 Å². The third-order valence-electron chi connectivity index (χ3n) is 5.83. The highest BCUT2D eigenvalue weighted by Gasteiger charge is 2.35. The van der Waals surface area contributed by atoms with E-state index in [1.165, 1.54) is 0 Å². The van der Waals surface area contributed by atoms with Crippen LogP contribution in [-0.4, -0.2) is 40.6 Å². The predicted molar refractivity (Wildman–Crippen MR) is 133 cm³/mol. The van der Waals surface area contributed by atoms with Gasteiger partial charge in [-0.3, -0.25) is 4.79 Å². The topological polar surface area (TPSA) is 69.0 Å². The van der Waals surface area contributed by atoms with E-state index >= 15 is 0 Å². The lowest BCUT2D eigenvalue weighted by molar-refractivity contribution is -0.130. The van der Waals surface area contributed by atoms with E-state index in [9.17, 15) is 4.79 Å². The summed E-state index contributed by atoms with van der Waals surface area (Å²) in [5.74, 6) is 1.15. The van der Waals surface area contributed by atoms with E-state index in [0.717, 1.165) is 33.1 Å². The molecule has 172 valence electrons. The molecule has 4 aromatic rings. The zero-order valence-corrected chi connectivity index (χ0v) is 20.0. The lowest BCUT2D eigenvalue weighted by Crippen LogP contribution is -2.24. The molecule has 7 nitrogen and oxygen atoms in total. The number of nitrogens with zero attached hydrogens (tertiary/aromatic N) is 4. The van der Waals surface area contributed by atoms with Crippen LogP contribution in [0.25, 0.3) is 16.3 Å². The van der Waals surface area contributed by atoms with Gasteiger partial charge in [-0.25, -0.2) is 9.69 Å². The summed E-state index contributed by atoms with van der Waals surface area (Å²) < 4.78 is 12.7. The third-order valence-corrected chi connectivity index (χ3v) is 6.70. The fourth-order valence-electron chi connectivity index (χ4n) is 4.18. The molecule has 34 heavy (non-hydrogen) atoms. The van der Waals surface area contributed by atoms with Gasteiger partial charge in [0.1, 0.15) is 5.69 Å². The first-order chi connectivity index (χ1) is 16.6. The summed E-state index contributed by atoms with van der Waals surface area (Å²) >= 11 is 1.63. The van der Waals surface area contributed by atoms with Gasteiger partial charge in [-0.1, -0.05) is 24.3 Å². The van der Waals surface area contributed by atoms with Gasteiger partial charge in [0.15, 0.2) is 11.5 Å². The molecule has 0 unspecified atom stereocenters. The number of amides is 1. The van der Waals surface area contributed by atoms with Crippen molar-refractivity contribution in [1.29, 1.82) is 0 Å². The number of carbonyl (C=O) groups excluding carboxylic acids is 1. The largest absolute Gasteiger partial charge is 0.493 e. The van der Waals surface area contributed by atoms with Crippen molar-refractivity contribution in [1.82, 2.24) is 14.8 Å². The zero-order valence-electron chi connectivity index (χ0n) is 19.1. The van der Waals surface area contributed by atoms with Crippen LogP contribution in [0.5, 0.6) is 11.5 Å². The number of aromatic nitrogens is 2. The zero-order chi connectivity index (χ0) is 23.7. The molecule has 2 aromatic carbocycles. The summed E-state index contributed by atoms with van der Waals surface area (Å²) in [5.41, 5.74) is 4.48. The molecule has 0 spiro atoms. The molecule has 1 aliphatic heterocycles. The summed E-state index contributed by atoms with van der Waals surface area (Å²) in [6.07, 6.45) is 2.58. The highest BCUT2D eigenvalue weighted by atomic mass is 32.1. The lowest BCUT2D eigenvalue weighted by Gasteiger charge is -2.19. The minimum absolute atomic E-state index is 0.120. The fourth-order valence-corrected chi connectivity index (χ4v) is 4.91. The Bertz CT molecular complexity index is 1350. The molecular weight excluding hydrogens is 448 g/mol. The maximum absolute atomic E-state index is 12.7. The predicted octanol–water partition coefficient (Wildman–Crippen LogP) is 5.32. The fraction of sp³-hybridized carbons (Fsp3) is 0.192. The third kappa shape index (κ3) is 3.97. The second-order valence-corrected chi connectivity index (χ2v) is 8.84. The van der Waals surface area contributed by atoms with Gasteiger partial charge in [0.05, 0.1) is 36.5 Å². The quantitative estimate of drug-likeness (QED) is 0.381. The van der Waals surface area contributed by atoms with E-state index in [4.69, 9.17) is 19.7 Å². The number of carbonyl (C=O) groups is 1. The minimum Gasteiger partial charge on any atom is -0.493 e. The molecule has 1 amide bonds. The Morgan fingerprint density at radius 2 is 1.82 bits per heavy atom. The maximum atomic E-state index is 12.7. The number of thiophene rings is 1. The Hall–Kier alpha value is -3.91. The van der Waals surface area contributed by atoms with Crippen LogP contribution in [0.1, 0.15) is 30.5 Å². The van der Waals surface area contributed by atoms with E-state index < -0.39 is 0 Å². The average Bonchev–Trinajstić information content (AvgIpc) is 3.63. The van der Waals surface area contributed by atoms with Crippen LogP contribution >= 0.6 is 11.3 Å². The molecule has 0 radical (unpaired) electrons. The SMILES string of the molecule is COc1ccc(C2=NN(C(C)=O)[C@@H](c3cn(-c4ccccc4)nc3-c3cccs3)C2)cc1OC. The Morgan fingerprint density at radius 3 is 2.50 bits per heavy atom. The highest BCUT2D eigenvalue weighted by molar-refractivity contribution is 7.13. The molecule has 2 aromatic heterocycles. The van der Waals surface area contributed by atoms with Crippen LogP contribution in [0.2, 0.25) is 0 Å². The average molecular weight is 473 g/mol. The lowest BCUT2D eigenvalue weighted by atomic mass is 9.98. The van der Waals surface area contributed by atoms with Crippen molar-refractivity contribution in [3.05, 3.63) is 83.4 Å². The molecule has 0 bridgehead atoms. The van der Waals surface area contributed by atoms with Crippen molar-refractivity contribution >= 4 is 23.0 Å². The second kappa shape index (κ2) is 9.15. The normalized spacial score (nSPS) is 15.3. The second-order valence-electron chi connectivity index (χ2n) is 7.89.